The second-order valence-corrected chi connectivity index (χ2v) is 5.53. The third-order valence-corrected chi connectivity index (χ3v) is 3.78. The maximum Gasteiger partial charge on any atom is 0.232 e. The molecule has 124 valence electrons. The zero-order valence-electron chi connectivity index (χ0n) is 13.1. The Kier molecular flexibility index (Phi) is 3.82. The van der Waals surface area contributed by atoms with Gasteiger partial charge in [-0.3, -0.25) is 4.79 Å². The highest BCUT2D eigenvalue weighted by molar-refractivity contribution is 6.14. The Morgan fingerprint density at radius 3 is 2.68 bits per heavy atom. The lowest BCUT2D eigenvalue weighted by Gasteiger charge is -2.07. The van der Waals surface area contributed by atoms with Gasteiger partial charge < -0.3 is 13.9 Å². The first-order valence-electron chi connectivity index (χ1n) is 7.68. The van der Waals surface area contributed by atoms with E-state index in [4.69, 9.17) is 13.9 Å². The molecule has 1 aromatic heterocycles. The number of furan rings is 1. The Morgan fingerprint density at radius 1 is 1.08 bits per heavy atom. The summed E-state index contributed by atoms with van der Waals surface area (Å²) in [5.41, 5.74) is 1.32. The number of hydrogen-bond donors (Lipinski definition) is 0. The lowest BCUT2D eigenvalue weighted by Crippen LogP contribution is -1.97. The highest BCUT2D eigenvalue weighted by atomic mass is 19.1. The van der Waals surface area contributed by atoms with Crippen molar-refractivity contribution in [2.45, 2.75) is 6.61 Å². The fourth-order valence-corrected chi connectivity index (χ4v) is 2.51. The molecule has 0 unspecified atom stereocenters. The molecule has 0 amide bonds. The van der Waals surface area contributed by atoms with Crippen molar-refractivity contribution < 1.29 is 23.1 Å². The topological polar surface area (TPSA) is 48.7 Å². The normalized spacial score (nSPS) is 14.4. The van der Waals surface area contributed by atoms with E-state index in [9.17, 15) is 9.18 Å². The predicted molar refractivity (Wildman–Crippen MR) is 88.8 cm³/mol. The van der Waals surface area contributed by atoms with Gasteiger partial charge in [-0.1, -0.05) is 12.1 Å². The molecule has 5 heteroatoms. The molecule has 0 radical (unpaired) electrons. The van der Waals surface area contributed by atoms with Crippen molar-refractivity contribution >= 4 is 11.9 Å². The number of halogens is 1. The molecule has 2 aromatic carbocycles. The number of Topliss-reactive ketones (excluding diaryl/α,β-unsaturated/α-hetero) is 1. The Balaban J connectivity index is 1.50. The van der Waals surface area contributed by atoms with Crippen LogP contribution in [0.25, 0.3) is 6.08 Å². The lowest BCUT2D eigenvalue weighted by atomic mass is 10.1. The van der Waals surface area contributed by atoms with Gasteiger partial charge in [-0.2, -0.15) is 0 Å². The van der Waals surface area contributed by atoms with Crippen LogP contribution >= 0.6 is 0 Å². The van der Waals surface area contributed by atoms with E-state index in [1.807, 2.05) is 0 Å². The maximum atomic E-state index is 12.9. The second-order valence-electron chi connectivity index (χ2n) is 5.53. The van der Waals surface area contributed by atoms with Crippen LogP contribution in [-0.4, -0.2) is 5.78 Å². The molecular weight excluding hydrogens is 323 g/mol. The number of allylic oxidation sites excluding steroid dienone is 1. The van der Waals surface area contributed by atoms with Crippen LogP contribution in [-0.2, 0) is 6.61 Å². The summed E-state index contributed by atoms with van der Waals surface area (Å²) in [5, 5.41) is 0. The van der Waals surface area contributed by atoms with E-state index in [2.05, 4.69) is 0 Å². The highest BCUT2D eigenvalue weighted by Crippen LogP contribution is 2.35. The summed E-state index contributed by atoms with van der Waals surface area (Å²) >= 11 is 0. The molecule has 4 nitrogen and oxygen atoms in total. The molecular formula is C20H13FO4. The molecule has 0 aliphatic carbocycles. The lowest BCUT2D eigenvalue weighted by molar-refractivity contribution is 0.101. The summed E-state index contributed by atoms with van der Waals surface area (Å²) in [6.45, 7) is 0.294. The zero-order chi connectivity index (χ0) is 17.2. The molecule has 0 saturated carbocycles. The Bertz CT molecular complexity index is 940. The quantitative estimate of drug-likeness (QED) is 0.653. The standard InChI is InChI=1S/C20H13FO4/c21-14-5-3-13(4-6-14)12-24-16-7-8-17-18(10-16)25-19(20(17)22)11-15-2-1-9-23-15/h1-11H,12H2. The molecule has 0 fully saturated rings. The molecule has 1 aliphatic heterocycles. The minimum atomic E-state index is -0.288. The van der Waals surface area contributed by atoms with Gasteiger partial charge in [0.2, 0.25) is 5.78 Å². The van der Waals surface area contributed by atoms with Gasteiger partial charge in [0.15, 0.2) is 5.76 Å². The van der Waals surface area contributed by atoms with Crippen molar-refractivity contribution in [3.63, 3.8) is 0 Å². The van der Waals surface area contributed by atoms with Crippen LogP contribution < -0.4 is 9.47 Å². The van der Waals surface area contributed by atoms with Crippen LogP contribution in [0.3, 0.4) is 0 Å². The minimum absolute atomic E-state index is 0.198. The summed E-state index contributed by atoms with van der Waals surface area (Å²) in [7, 11) is 0. The number of benzene rings is 2. The van der Waals surface area contributed by atoms with Crippen LogP contribution in [0.4, 0.5) is 4.39 Å². The molecule has 0 spiro atoms. The Morgan fingerprint density at radius 2 is 1.92 bits per heavy atom. The van der Waals surface area contributed by atoms with Crippen molar-refractivity contribution in [1.29, 1.82) is 0 Å². The molecule has 1 aliphatic rings. The number of ether oxygens (including phenoxy) is 2. The molecule has 0 atom stereocenters. The van der Waals surface area contributed by atoms with Crippen LogP contribution in [0, 0.1) is 5.82 Å². The molecule has 0 saturated heterocycles. The first-order valence-corrected chi connectivity index (χ1v) is 7.68. The first kappa shape index (κ1) is 15.2. The van der Waals surface area contributed by atoms with Gasteiger partial charge in [-0.25, -0.2) is 4.39 Å². The third-order valence-electron chi connectivity index (χ3n) is 3.78. The minimum Gasteiger partial charge on any atom is -0.489 e. The SMILES string of the molecule is O=C1C(=Cc2ccco2)Oc2cc(OCc3ccc(F)cc3)ccc21. The second kappa shape index (κ2) is 6.28. The summed E-state index contributed by atoms with van der Waals surface area (Å²) in [6.07, 6.45) is 3.09. The fraction of sp³-hybridized carbons (Fsp3) is 0.0500. The van der Waals surface area contributed by atoms with Gasteiger partial charge in [0.1, 0.15) is 29.7 Å². The molecule has 0 N–H and O–H groups in total. The van der Waals surface area contributed by atoms with Gasteiger partial charge in [0.05, 0.1) is 11.8 Å². The number of fused-ring (bicyclic) bond motifs is 1. The van der Waals surface area contributed by atoms with Gasteiger partial charge in [0.25, 0.3) is 0 Å². The first-order chi connectivity index (χ1) is 12.2. The van der Waals surface area contributed by atoms with Gasteiger partial charge >= 0.3 is 0 Å². The van der Waals surface area contributed by atoms with Crippen molar-refractivity contribution in [2.24, 2.45) is 0 Å². The monoisotopic (exact) mass is 336 g/mol. The zero-order valence-corrected chi connectivity index (χ0v) is 13.1. The van der Waals surface area contributed by atoms with E-state index in [0.29, 0.717) is 29.4 Å². The van der Waals surface area contributed by atoms with Crippen molar-refractivity contribution in [2.75, 3.05) is 0 Å². The predicted octanol–water partition coefficient (Wildman–Crippen LogP) is 4.61. The number of carbonyl (C=O) groups excluding carboxylic acids is 1. The van der Waals surface area contributed by atoms with Crippen LogP contribution in [0.15, 0.2) is 71.0 Å². The van der Waals surface area contributed by atoms with Crippen molar-refractivity contribution in [3.05, 3.63) is 89.3 Å². The number of carbonyl (C=O) groups is 1. The van der Waals surface area contributed by atoms with Crippen LogP contribution in [0.1, 0.15) is 21.7 Å². The van der Waals surface area contributed by atoms with Gasteiger partial charge in [0, 0.05) is 12.1 Å². The highest BCUT2D eigenvalue weighted by Gasteiger charge is 2.28. The average Bonchev–Trinajstić information content (AvgIpc) is 3.23. The summed E-state index contributed by atoms with van der Waals surface area (Å²) in [5.74, 6) is 1.28. The maximum absolute atomic E-state index is 12.9. The van der Waals surface area contributed by atoms with Crippen molar-refractivity contribution in [1.82, 2.24) is 0 Å². The Hall–Kier alpha value is -3.34. The number of hydrogen-bond acceptors (Lipinski definition) is 4. The molecule has 2 heterocycles. The number of rotatable bonds is 4. The largest absolute Gasteiger partial charge is 0.489 e. The molecule has 0 bridgehead atoms. The molecule has 25 heavy (non-hydrogen) atoms. The van der Waals surface area contributed by atoms with E-state index < -0.39 is 0 Å². The van der Waals surface area contributed by atoms with Crippen molar-refractivity contribution in [3.8, 4) is 11.5 Å². The third kappa shape index (κ3) is 3.17. The number of ketones is 1. The summed E-state index contributed by atoms with van der Waals surface area (Å²) < 4.78 is 29.4. The smallest absolute Gasteiger partial charge is 0.232 e. The van der Waals surface area contributed by atoms with Crippen LogP contribution in [0.2, 0.25) is 0 Å². The Labute approximate surface area is 143 Å². The molecule has 3 aromatic rings. The van der Waals surface area contributed by atoms with E-state index in [-0.39, 0.29) is 17.4 Å². The molecule has 4 rings (SSSR count). The van der Waals surface area contributed by atoms with E-state index in [1.165, 1.54) is 18.4 Å². The van der Waals surface area contributed by atoms with Gasteiger partial charge in [-0.15, -0.1) is 0 Å². The van der Waals surface area contributed by atoms with E-state index in [1.54, 1.807) is 48.5 Å². The van der Waals surface area contributed by atoms with E-state index >= 15 is 0 Å². The summed E-state index contributed by atoms with van der Waals surface area (Å²) in [4.78, 5) is 12.3. The summed E-state index contributed by atoms with van der Waals surface area (Å²) in [6, 6.07) is 14.6. The average molecular weight is 336 g/mol. The van der Waals surface area contributed by atoms with Crippen LogP contribution in [0.5, 0.6) is 11.5 Å². The fourth-order valence-electron chi connectivity index (χ4n) is 2.51. The van der Waals surface area contributed by atoms with E-state index in [0.717, 1.165) is 5.56 Å². The van der Waals surface area contributed by atoms with Gasteiger partial charge in [-0.05, 0) is 42.0 Å².